The highest BCUT2D eigenvalue weighted by atomic mass is 32.2. The van der Waals surface area contributed by atoms with Gasteiger partial charge in [-0.25, -0.2) is 8.42 Å². The van der Waals surface area contributed by atoms with E-state index in [0.717, 1.165) is 10.4 Å². The average molecular weight is 288 g/mol. The average Bonchev–Trinajstić information content (AvgIpc) is 2.32. The lowest BCUT2D eigenvalue weighted by atomic mass is 10.1. The Bertz CT molecular complexity index is 597. The maximum Gasteiger partial charge on any atom is 0.271 e. The smallest absolute Gasteiger partial charge is 0.271 e. The van der Waals surface area contributed by atoms with Crippen LogP contribution in [0.1, 0.15) is 11.1 Å². The van der Waals surface area contributed by atoms with Crippen LogP contribution < -0.4 is 0 Å². The fraction of sp³-hybridized carbons (Fsp3) is 0.455. The van der Waals surface area contributed by atoms with Crippen molar-refractivity contribution in [2.45, 2.75) is 18.7 Å². The first kappa shape index (κ1) is 15.5. The number of aliphatic hydroxyl groups is 1. The van der Waals surface area contributed by atoms with Gasteiger partial charge in [-0.05, 0) is 25.0 Å². The van der Waals surface area contributed by atoms with Crippen molar-refractivity contribution in [3.63, 3.8) is 0 Å². The summed E-state index contributed by atoms with van der Waals surface area (Å²) >= 11 is 0. The Morgan fingerprint density at radius 1 is 1.37 bits per heavy atom. The van der Waals surface area contributed by atoms with Crippen LogP contribution in [-0.2, 0) is 10.0 Å². The molecule has 0 unspecified atom stereocenters. The maximum absolute atomic E-state index is 12.3. The molecule has 1 aromatic carbocycles. The first-order valence-corrected chi connectivity index (χ1v) is 6.98. The number of aryl methyl sites for hydroxylation is 1. The molecule has 1 N–H and O–H groups in total. The van der Waals surface area contributed by atoms with E-state index < -0.39 is 14.9 Å². The summed E-state index contributed by atoms with van der Waals surface area (Å²) in [6.07, 6.45) is 0. The van der Waals surface area contributed by atoms with Crippen molar-refractivity contribution in [1.82, 2.24) is 4.31 Å². The molecule has 0 spiro atoms. The molecule has 0 aliphatic rings. The molecule has 0 aromatic heterocycles. The van der Waals surface area contributed by atoms with Gasteiger partial charge in [-0.2, -0.15) is 4.31 Å². The summed E-state index contributed by atoms with van der Waals surface area (Å²) in [5.74, 6) is 0. The molecule has 0 amide bonds. The summed E-state index contributed by atoms with van der Waals surface area (Å²) in [6.45, 7) is 2.83. The third-order valence-electron chi connectivity index (χ3n) is 2.92. The Labute approximate surface area is 111 Å². The Balaban J connectivity index is 3.45. The number of benzene rings is 1. The van der Waals surface area contributed by atoms with Crippen LogP contribution in [0.4, 0.5) is 5.69 Å². The SMILES string of the molecule is Cc1cc([N+](=O)[O-])cc(S(=O)(=O)N(C)CCO)c1C. The van der Waals surface area contributed by atoms with E-state index >= 15 is 0 Å². The van der Waals surface area contributed by atoms with Gasteiger partial charge in [0.2, 0.25) is 10.0 Å². The standard InChI is InChI=1S/C11H16N2O5S/c1-8-6-10(13(15)16)7-11(9(8)2)19(17,18)12(3)4-5-14/h6-7,14H,4-5H2,1-3H3. The maximum atomic E-state index is 12.3. The molecular formula is C11H16N2O5S. The molecule has 1 rings (SSSR count). The molecule has 0 radical (unpaired) electrons. The summed E-state index contributed by atoms with van der Waals surface area (Å²) in [7, 11) is -2.52. The zero-order valence-electron chi connectivity index (χ0n) is 11.0. The minimum Gasteiger partial charge on any atom is -0.395 e. The normalized spacial score (nSPS) is 11.8. The number of aliphatic hydroxyl groups excluding tert-OH is 1. The highest BCUT2D eigenvalue weighted by molar-refractivity contribution is 7.89. The van der Waals surface area contributed by atoms with Crippen LogP contribution in [0.2, 0.25) is 0 Å². The Morgan fingerprint density at radius 3 is 2.42 bits per heavy atom. The van der Waals surface area contributed by atoms with E-state index in [1.165, 1.54) is 13.1 Å². The van der Waals surface area contributed by atoms with Gasteiger partial charge in [0.1, 0.15) is 0 Å². The molecule has 0 atom stereocenters. The van der Waals surface area contributed by atoms with Crippen molar-refractivity contribution in [2.24, 2.45) is 0 Å². The second kappa shape index (κ2) is 5.64. The van der Waals surface area contributed by atoms with Gasteiger partial charge in [0.05, 0.1) is 16.4 Å². The predicted octanol–water partition coefficient (Wildman–Crippen LogP) is 0.824. The largest absolute Gasteiger partial charge is 0.395 e. The van der Waals surface area contributed by atoms with Crippen LogP contribution in [0.25, 0.3) is 0 Å². The molecule has 0 bridgehead atoms. The molecule has 0 heterocycles. The van der Waals surface area contributed by atoms with E-state index in [9.17, 15) is 18.5 Å². The minimum atomic E-state index is -3.84. The number of hydrogen-bond donors (Lipinski definition) is 1. The third-order valence-corrected chi connectivity index (χ3v) is 4.90. The van der Waals surface area contributed by atoms with E-state index in [2.05, 4.69) is 0 Å². The van der Waals surface area contributed by atoms with Crippen molar-refractivity contribution in [2.75, 3.05) is 20.2 Å². The third kappa shape index (κ3) is 3.09. The number of nitro benzene ring substituents is 1. The predicted molar refractivity (Wildman–Crippen MR) is 69.5 cm³/mol. The van der Waals surface area contributed by atoms with Crippen LogP contribution in [0, 0.1) is 24.0 Å². The molecule has 8 heteroatoms. The van der Waals surface area contributed by atoms with Gasteiger partial charge in [-0.3, -0.25) is 10.1 Å². The molecule has 7 nitrogen and oxygen atoms in total. The topological polar surface area (TPSA) is 101 Å². The van der Waals surface area contributed by atoms with Gasteiger partial charge < -0.3 is 5.11 Å². The fourth-order valence-electron chi connectivity index (χ4n) is 1.61. The zero-order valence-corrected chi connectivity index (χ0v) is 11.8. The highest BCUT2D eigenvalue weighted by Gasteiger charge is 2.25. The van der Waals surface area contributed by atoms with Gasteiger partial charge in [-0.15, -0.1) is 0 Å². The molecule has 0 aliphatic carbocycles. The van der Waals surface area contributed by atoms with Gasteiger partial charge in [0, 0.05) is 25.7 Å². The molecule has 0 fully saturated rings. The van der Waals surface area contributed by atoms with Crippen LogP contribution in [0.5, 0.6) is 0 Å². The van der Waals surface area contributed by atoms with E-state index in [0.29, 0.717) is 11.1 Å². The van der Waals surface area contributed by atoms with E-state index in [1.807, 2.05) is 0 Å². The Morgan fingerprint density at radius 2 is 1.95 bits per heavy atom. The second-order valence-electron chi connectivity index (χ2n) is 4.19. The molecule has 0 saturated carbocycles. The molecule has 19 heavy (non-hydrogen) atoms. The monoisotopic (exact) mass is 288 g/mol. The summed E-state index contributed by atoms with van der Waals surface area (Å²) in [6, 6.07) is 2.38. The lowest BCUT2D eigenvalue weighted by Crippen LogP contribution is -2.30. The summed E-state index contributed by atoms with van der Waals surface area (Å²) in [4.78, 5) is 10.1. The number of non-ortho nitro benzene ring substituents is 1. The molecular weight excluding hydrogens is 272 g/mol. The van der Waals surface area contributed by atoms with Gasteiger partial charge >= 0.3 is 0 Å². The van der Waals surface area contributed by atoms with Crippen molar-refractivity contribution >= 4 is 15.7 Å². The first-order valence-electron chi connectivity index (χ1n) is 5.54. The number of sulfonamides is 1. The number of nitro groups is 1. The van der Waals surface area contributed by atoms with Gasteiger partial charge in [-0.1, -0.05) is 0 Å². The minimum absolute atomic E-state index is 0.0660. The Hall–Kier alpha value is -1.51. The lowest BCUT2D eigenvalue weighted by Gasteiger charge is -2.18. The van der Waals surface area contributed by atoms with E-state index in [4.69, 9.17) is 5.11 Å². The van der Waals surface area contributed by atoms with Crippen LogP contribution in [0.3, 0.4) is 0 Å². The lowest BCUT2D eigenvalue weighted by molar-refractivity contribution is -0.385. The zero-order chi connectivity index (χ0) is 14.8. The molecule has 0 saturated heterocycles. The number of nitrogens with zero attached hydrogens (tertiary/aromatic N) is 2. The summed E-state index contributed by atoms with van der Waals surface area (Å²) in [5.41, 5.74) is 0.736. The van der Waals surface area contributed by atoms with Gasteiger partial charge in [0.25, 0.3) is 5.69 Å². The second-order valence-corrected chi connectivity index (χ2v) is 6.21. The summed E-state index contributed by atoms with van der Waals surface area (Å²) in [5, 5.41) is 19.6. The number of rotatable bonds is 5. The van der Waals surface area contributed by atoms with E-state index in [-0.39, 0.29) is 23.7 Å². The first-order chi connectivity index (χ1) is 8.71. The van der Waals surface area contributed by atoms with Crippen LogP contribution in [0.15, 0.2) is 17.0 Å². The van der Waals surface area contributed by atoms with E-state index in [1.54, 1.807) is 13.8 Å². The van der Waals surface area contributed by atoms with Crippen LogP contribution in [-0.4, -0.2) is 43.0 Å². The Kier molecular flexibility index (Phi) is 4.61. The highest BCUT2D eigenvalue weighted by Crippen LogP contribution is 2.27. The van der Waals surface area contributed by atoms with Crippen molar-refractivity contribution < 1.29 is 18.4 Å². The molecule has 0 aliphatic heterocycles. The molecule has 1 aromatic rings. The van der Waals surface area contributed by atoms with Crippen molar-refractivity contribution in [3.8, 4) is 0 Å². The molecule has 106 valence electrons. The van der Waals surface area contributed by atoms with Crippen molar-refractivity contribution in [3.05, 3.63) is 33.4 Å². The van der Waals surface area contributed by atoms with Crippen LogP contribution >= 0.6 is 0 Å². The fourth-order valence-corrected chi connectivity index (χ4v) is 3.09. The van der Waals surface area contributed by atoms with Gasteiger partial charge in [0.15, 0.2) is 0 Å². The van der Waals surface area contributed by atoms with Crippen molar-refractivity contribution in [1.29, 1.82) is 0 Å². The number of likely N-dealkylation sites (N-methyl/N-ethyl adjacent to an activating group) is 1. The quantitative estimate of drug-likeness (QED) is 0.638. The summed E-state index contributed by atoms with van der Waals surface area (Å²) < 4.78 is 25.5. The number of hydrogen-bond acceptors (Lipinski definition) is 5.